The molecule has 1 unspecified atom stereocenters. The SMILES string of the molecule is CCOC1C(=O)C(=O)Oc2cc(O)ccc21. The van der Waals surface area contributed by atoms with Crippen LogP contribution in [0.2, 0.25) is 0 Å². The Balaban J connectivity index is 2.47. The zero-order valence-corrected chi connectivity index (χ0v) is 8.60. The van der Waals surface area contributed by atoms with Crippen molar-refractivity contribution in [3.63, 3.8) is 0 Å². The fourth-order valence-corrected chi connectivity index (χ4v) is 1.56. The highest BCUT2D eigenvalue weighted by Gasteiger charge is 2.36. The van der Waals surface area contributed by atoms with Crippen molar-refractivity contribution in [3.05, 3.63) is 23.8 Å². The van der Waals surface area contributed by atoms with E-state index in [-0.39, 0.29) is 11.5 Å². The molecule has 1 aromatic rings. The number of fused-ring (bicyclic) bond motifs is 1. The first kappa shape index (κ1) is 10.6. The largest absolute Gasteiger partial charge is 0.508 e. The van der Waals surface area contributed by atoms with Crippen LogP contribution in [-0.2, 0) is 14.3 Å². The van der Waals surface area contributed by atoms with Crippen LogP contribution in [0.1, 0.15) is 18.6 Å². The average Bonchev–Trinajstić information content (AvgIpc) is 2.24. The molecule has 1 heterocycles. The molecule has 0 spiro atoms. The predicted molar refractivity (Wildman–Crippen MR) is 53.1 cm³/mol. The molecule has 16 heavy (non-hydrogen) atoms. The third-order valence-corrected chi connectivity index (χ3v) is 2.25. The summed E-state index contributed by atoms with van der Waals surface area (Å²) in [6.45, 7) is 2.04. The van der Waals surface area contributed by atoms with Crippen molar-refractivity contribution in [3.8, 4) is 11.5 Å². The lowest BCUT2D eigenvalue weighted by atomic mass is 10.0. The van der Waals surface area contributed by atoms with Gasteiger partial charge in [-0.2, -0.15) is 0 Å². The molecule has 2 rings (SSSR count). The number of carbonyl (C=O) groups is 2. The zero-order chi connectivity index (χ0) is 11.7. The Bertz CT molecular complexity index is 452. The third kappa shape index (κ3) is 1.65. The van der Waals surface area contributed by atoms with E-state index in [1.54, 1.807) is 6.92 Å². The Kier molecular flexibility index (Phi) is 2.62. The van der Waals surface area contributed by atoms with Crippen LogP contribution in [0.5, 0.6) is 11.5 Å². The summed E-state index contributed by atoms with van der Waals surface area (Å²) >= 11 is 0. The summed E-state index contributed by atoms with van der Waals surface area (Å²) in [4.78, 5) is 22.7. The number of phenols is 1. The Morgan fingerprint density at radius 3 is 2.88 bits per heavy atom. The number of Topliss-reactive ketones (excluding diaryl/α,β-unsaturated/α-hetero) is 1. The minimum atomic E-state index is -0.962. The molecule has 1 aliphatic rings. The number of aromatic hydroxyl groups is 1. The molecule has 0 saturated carbocycles. The number of phenolic OH excluding ortho intramolecular Hbond substituents is 1. The first-order chi connectivity index (χ1) is 7.63. The Morgan fingerprint density at radius 1 is 1.44 bits per heavy atom. The van der Waals surface area contributed by atoms with Gasteiger partial charge in [0.1, 0.15) is 11.5 Å². The topological polar surface area (TPSA) is 72.8 Å². The molecular formula is C11H10O5. The Hall–Kier alpha value is -1.88. The number of rotatable bonds is 2. The maximum atomic E-state index is 11.5. The van der Waals surface area contributed by atoms with E-state index < -0.39 is 17.9 Å². The molecule has 0 radical (unpaired) electrons. The van der Waals surface area contributed by atoms with Gasteiger partial charge in [-0.05, 0) is 19.1 Å². The second-order valence-electron chi connectivity index (χ2n) is 3.31. The van der Waals surface area contributed by atoms with Crippen molar-refractivity contribution in [2.75, 3.05) is 6.61 Å². The van der Waals surface area contributed by atoms with E-state index in [1.165, 1.54) is 18.2 Å². The standard InChI is InChI=1S/C11H10O5/c1-2-15-10-7-4-3-6(12)5-8(7)16-11(14)9(10)13/h3-5,10,12H,2H2,1H3. The number of benzene rings is 1. The number of hydrogen-bond acceptors (Lipinski definition) is 5. The summed E-state index contributed by atoms with van der Waals surface area (Å²) in [6, 6.07) is 4.21. The average molecular weight is 222 g/mol. The first-order valence-electron chi connectivity index (χ1n) is 4.84. The molecule has 5 heteroatoms. The number of hydrogen-bond donors (Lipinski definition) is 1. The van der Waals surface area contributed by atoms with Crippen molar-refractivity contribution < 1.29 is 24.2 Å². The van der Waals surface area contributed by atoms with Crippen molar-refractivity contribution in [1.29, 1.82) is 0 Å². The second-order valence-corrected chi connectivity index (χ2v) is 3.31. The summed E-state index contributed by atoms with van der Waals surface area (Å²) in [7, 11) is 0. The van der Waals surface area contributed by atoms with E-state index in [0.29, 0.717) is 12.2 Å². The molecule has 0 bridgehead atoms. The molecular weight excluding hydrogens is 212 g/mol. The molecule has 1 N–H and O–H groups in total. The Morgan fingerprint density at radius 2 is 2.19 bits per heavy atom. The van der Waals surface area contributed by atoms with E-state index in [2.05, 4.69) is 0 Å². The van der Waals surface area contributed by atoms with Gasteiger partial charge in [-0.3, -0.25) is 4.79 Å². The number of ketones is 1. The quantitative estimate of drug-likeness (QED) is 0.458. The van der Waals surface area contributed by atoms with Gasteiger partial charge in [-0.1, -0.05) is 0 Å². The summed E-state index contributed by atoms with van der Waals surface area (Å²) in [6.07, 6.45) is -0.929. The summed E-state index contributed by atoms with van der Waals surface area (Å²) in [5.74, 6) is -1.55. The van der Waals surface area contributed by atoms with Gasteiger partial charge >= 0.3 is 5.97 Å². The van der Waals surface area contributed by atoms with Crippen molar-refractivity contribution in [2.24, 2.45) is 0 Å². The molecule has 1 aliphatic heterocycles. The van der Waals surface area contributed by atoms with Gasteiger partial charge in [0.05, 0.1) is 0 Å². The van der Waals surface area contributed by atoms with Crippen LogP contribution in [0.3, 0.4) is 0 Å². The zero-order valence-electron chi connectivity index (χ0n) is 8.60. The second kappa shape index (κ2) is 3.94. The highest BCUT2D eigenvalue weighted by Crippen LogP contribution is 2.35. The monoisotopic (exact) mass is 222 g/mol. The van der Waals surface area contributed by atoms with Gasteiger partial charge in [-0.25, -0.2) is 4.79 Å². The van der Waals surface area contributed by atoms with E-state index in [9.17, 15) is 14.7 Å². The van der Waals surface area contributed by atoms with Crippen molar-refractivity contribution >= 4 is 11.8 Å². The highest BCUT2D eigenvalue weighted by atomic mass is 16.6. The molecule has 1 aromatic carbocycles. The van der Waals surface area contributed by atoms with E-state index in [0.717, 1.165) is 0 Å². The minimum Gasteiger partial charge on any atom is -0.508 e. The molecule has 0 aromatic heterocycles. The number of ether oxygens (including phenoxy) is 2. The van der Waals surface area contributed by atoms with Gasteiger partial charge in [0.15, 0.2) is 6.10 Å². The molecule has 5 nitrogen and oxygen atoms in total. The van der Waals surface area contributed by atoms with E-state index in [1.807, 2.05) is 0 Å². The van der Waals surface area contributed by atoms with Crippen LogP contribution < -0.4 is 4.74 Å². The van der Waals surface area contributed by atoms with Crippen molar-refractivity contribution in [1.82, 2.24) is 0 Å². The van der Waals surface area contributed by atoms with Gasteiger partial charge < -0.3 is 14.6 Å². The molecule has 84 valence electrons. The fraction of sp³-hybridized carbons (Fsp3) is 0.273. The Labute approximate surface area is 91.6 Å². The molecule has 0 fully saturated rings. The van der Waals surface area contributed by atoms with E-state index >= 15 is 0 Å². The van der Waals surface area contributed by atoms with Gasteiger partial charge in [0.25, 0.3) is 5.78 Å². The van der Waals surface area contributed by atoms with Crippen molar-refractivity contribution in [2.45, 2.75) is 13.0 Å². The normalized spacial score (nSPS) is 19.2. The van der Waals surface area contributed by atoms with Gasteiger partial charge in [0.2, 0.25) is 0 Å². The number of carbonyl (C=O) groups excluding carboxylic acids is 2. The molecule has 0 aliphatic carbocycles. The lowest BCUT2D eigenvalue weighted by Gasteiger charge is -2.22. The first-order valence-corrected chi connectivity index (χ1v) is 4.84. The lowest BCUT2D eigenvalue weighted by molar-refractivity contribution is -0.155. The maximum absolute atomic E-state index is 11.5. The van der Waals surface area contributed by atoms with Gasteiger partial charge in [0, 0.05) is 18.2 Å². The van der Waals surface area contributed by atoms with Crippen LogP contribution in [0, 0.1) is 0 Å². The van der Waals surface area contributed by atoms with Crippen LogP contribution >= 0.6 is 0 Å². The smallest absolute Gasteiger partial charge is 0.383 e. The summed E-state index contributed by atoms with van der Waals surface area (Å²) < 4.78 is 9.97. The van der Waals surface area contributed by atoms with Gasteiger partial charge in [-0.15, -0.1) is 0 Å². The fourth-order valence-electron chi connectivity index (χ4n) is 1.56. The van der Waals surface area contributed by atoms with Crippen LogP contribution in [0.4, 0.5) is 0 Å². The predicted octanol–water partition coefficient (Wildman–Crippen LogP) is 0.958. The third-order valence-electron chi connectivity index (χ3n) is 2.25. The van der Waals surface area contributed by atoms with Crippen LogP contribution in [-0.4, -0.2) is 23.5 Å². The van der Waals surface area contributed by atoms with E-state index in [4.69, 9.17) is 9.47 Å². The van der Waals surface area contributed by atoms with Crippen LogP contribution in [0.15, 0.2) is 18.2 Å². The maximum Gasteiger partial charge on any atom is 0.383 e. The number of esters is 1. The summed E-state index contributed by atoms with van der Waals surface area (Å²) in [5.41, 5.74) is 0.462. The molecule has 0 amide bonds. The van der Waals surface area contributed by atoms with Crippen LogP contribution in [0.25, 0.3) is 0 Å². The molecule has 1 atom stereocenters. The lowest BCUT2D eigenvalue weighted by Crippen LogP contribution is -2.33. The summed E-state index contributed by atoms with van der Waals surface area (Å²) in [5, 5.41) is 9.24. The molecule has 0 saturated heterocycles. The minimum absolute atomic E-state index is 0.0313. The highest BCUT2D eigenvalue weighted by molar-refractivity contribution is 6.37.